The predicted molar refractivity (Wildman–Crippen MR) is 134 cm³/mol. The van der Waals surface area contributed by atoms with Gasteiger partial charge in [0, 0.05) is 6.42 Å². The Balaban J connectivity index is 0.000000676. The molecule has 1 rings (SSSR count). The van der Waals surface area contributed by atoms with E-state index in [-0.39, 0.29) is 0 Å². The van der Waals surface area contributed by atoms with Crippen LogP contribution in [0.5, 0.6) is 0 Å². The summed E-state index contributed by atoms with van der Waals surface area (Å²) in [4.78, 5) is 37.1. The number of carbonyl (C=O) groups is 1. The van der Waals surface area contributed by atoms with Gasteiger partial charge in [0.1, 0.15) is 0 Å². The molecule has 0 aliphatic heterocycles. The lowest BCUT2D eigenvalue weighted by Crippen LogP contribution is -1.93. The summed E-state index contributed by atoms with van der Waals surface area (Å²) in [5.74, 6) is -0.653. The molecule has 0 aliphatic rings. The summed E-state index contributed by atoms with van der Waals surface area (Å²) in [5.41, 5.74) is 1.72. The Morgan fingerprint density at radius 3 is 1.64 bits per heavy atom. The van der Waals surface area contributed by atoms with Gasteiger partial charge in [0.2, 0.25) is 12.2 Å². The van der Waals surface area contributed by atoms with Gasteiger partial charge in [0.25, 0.3) is 0 Å². The Morgan fingerprint density at radius 1 is 0.758 bits per heavy atom. The monoisotopic (exact) mass is 458 g/mol. The number of nitrogens with zero attached hydrogens (tertiary/aromatic N) is 2. The first kappa shape index (κ1) is 30.4. The highest BCUT2D eigenvalue weighted by molar-refractivity contribution is 5.66. The Hall–Kier alpha value is -2.55. The first-order valence-electron chi connectivity index (χ1n) is 12.5. The van der Waals surface area contributed by atoms with Crippen LogP contribution in [0.4, 0.5) is 11.4 Å². The minimum atomic E-state index is -0.653. The second-order valence-corrected chi connectivity index (χ2v) is 8.47. The molecule has 6 nitrogen and oxygen atoms in total. The molecular weight excluding hydrogens is 416 g/mol. The average molecular weight is 459 g/mol. The van der Waals surface area contributed by atoms with Gasteiger partial charge in [0.15, 0.2) is 0 Å². The molecule has 0 heterocycles. The van der Waals surface area contributed by atoms with Crippen molar-refractivity contribution in [2.75, 3.05) is 0 Å². The molecule has 1 aromatic carbocycles. The summed E-state index contributed by atoms with van der Waals surface area (Å²) in [6, 6.07) is 4.88. The van der Waals surface area contributed by atoms with Crippen LogP contribution in [-0.4, -0.2) is 23.2 Å². The summed E-state index contributed by atoms with van der Waals surface area (Å²) in [5, 5.41) is 8.52. The highest BCUT2D eigenvalue weighted by atomic mass is 16.4. The zero-order chi connectivity index (χ0) is 24.6. The van der Waals surface area contributed by atoms with E-state index in [1.165, 1.54) is 102 Å². The number of hydrogen-bond acceptors (Lipinski definition) is 5. The molecule has 0 bridgehead atoms. The van der Waals surface area contributed by atoms with Gasteiger partial charge >= 0.3 is 5.97 Å². The van der Waals surface area contributed by atoms with Gasteiger partial charge in [0.05, 0.1) is 11.4 Å². The zero-order valence-electron chi connectivity index (χ0n) is 20.6. The predicted octanol–water partition coefficient (Wildman–Crippen LogP) is 8.26. The van der Waals surface area contributed by atoms with Crippen molar-refractivity contribution in [3.05, 3.63) is 23.8 Å². The summed E-state index contributed by atoms with van der Waals surface area (Å²) >= 11 is 0. The number of benzene rings is 1. The SMILES string of the molecule is CCCCCCCCCCCCCCCCCC(=O)O.Cc1ccc(N=C=O)cc1N=C=O. The third-order valence-corrected chi connectivity index (χ3v) is 5.53. The standard InChI is InChI=1S/C18H36O2.C9H6N2O2/c1-2-3-4-5-6-7-8-9-10-11-12-13-14-15-16-17-18(19)20;1-7-2-3-8(10-5-12)4-9(7)11-6-13/h2-17H2,1H3,(H,19,20);2-4H,1H3. The van der Waals surface area contributed by atoms with E-state index in [0.717, 1.165) is 18.4 Å². The number of unbranched alkanes of at least 4 members (excludes halogenated alkanes) is 14. The summed E-state index contributed by atoms with van der Waals surface area (Å²) in [7, 11) is 0. The van der Waals surface area contributed by atoms with Gasteiger partial charge < -0.3 is 5.11 Å². The zero-order valence-corrected chi connectivity index (χ0v) is 20.6. The van der Waals surface area contributed by atoms with Gasteiger partial charge in [-0.15, -0.1) is 0 Å². The van der Waals surface area contributed by atoms with E-state index in [0.29, 0.717) is 17.8 Å². The molecule has 0 saturated heterocycles. The lowest BCUT2D eigenvalue weighted by Gasteiger charge is -2.03. The van der Waals surface area contributed by atoms with E-state index in [9.17, 15) is 14.4 Å². The maximum Gasteiger partial charge on any atom is 0.303 e. The second kappa shape index (κ2) is 22.6. The Labute approximate surface area is 199 Å². The van der Waals surface area contributed by atoms with Crippen LogP contribution in [0.15, 0.2) is 28.2 Å². The van der Waals surface area contributed by atoms with Crippen molar-refractivity contribution < 1.29 is 19.5 Å². The molecule has 1 aromatic rings. The minimum Gasteiger partial charge on any atom is -0.481 e. The Bertz CT molecular complexity index is 736. The summed E-state index contributed by atoms with van der Waals surface area (Å²) in [6.07, 6.45) is 23.0. The third kappa shape index (κ3) is 19.8. The summed E-state index contributed by atoms with van der Waals surface area (Å²) < 4.78 is 0. The van der Waals surface area contributed by atoms with Crippen LogP contribution >= 0.6 is 0 Å². The van der Waals surface area contributed by atoms with E-state index in [2.05, 4.69) is 16.9 Å². The topological polar surface area (TPSA) is 96.2 Å². The number of carboxylic acid groups (broad SMARTS) is 1. The van der Waals surface area contributed by atoms with Gasteiger partial charge in [-0.2, -0.15) is 9.98 Å². The molecule has 33 heavy (non-hydrogen) atoms. The molecule has 0 amide bonds. The van der Waals surface area contributed by atoms with E-state index in [4.69, 9.17) is 5.11 Å². The highest BCUT2D eigenvalue weighted by Crippen LogP contribution is 2.23. The van der Waals surface area contributed by atoms with Gasteiger partial charge in [-0.3, -0.25) is 4.79 Å². The molecule has 1 N–H and O–H groups in total. The van der Waals surface area contributed by atoms with Crippen molar-refractivity contribution in [2.45, 2.75) is 117 Å². The quantitative estimate of drug-likeness (QED) is 0.136. The van der Waals surface area contributed by atoms with Crippen molar-refractivity contribution in [3.63, 3.8) is 0 Å². The summed E-state index contributed by atoms with van der Waals surface area (Å²) in [6.45, 7) is 4.07. The number of hydrogen-bond donors (Lipinski definition) is 1. The first-order chi connectivity index (χ1) is 16.0. The van der Waals surface area contributed by atoms with Crippen molar-refractivity contribution in [3.8, 4) is 0 Å². The maximum absolute atomic E-state index is 10.3. The molecule has 0 saturated carbocycles. The van der Waals surface area contributed by atoms with E-state index >= 15 is 0 Å². The molecule has 184 valence electrons. The first-order valence-corrected chi connectivity index (χ1v) is 12.5. The largest absolute Gasteiger partial charge is 0.481 e. The van der Waals surface area contributed by atoms with E-state index in [1.54, 1.807) is 19.1 Å². The number of carbonyl (C=O) groups excluding carboxylic acids is 2. The molecule has 0 unspecified atom stereocenters. The maximum atomic E-state index is 10.3. The Morgan fingerprint density at radius 2 is 1.21 bits per heavy atom. The van der Waals surface area contributed by atoms with Crippen LogP contribution in [0.2, 0.25) is 0 Å². The van der Waals surface area contributed by atoms with Crippen LogP contribution in [0, 0.1) is 6.92 Å². The van der Waals surface area contributed by atoms with Gasteiger partial charge in [-0.25, -0.2) is 9.59 Å². The molecule has 0 aromatic heterocycles. The molecule has 0 radical (unpaired) electrons. The molecule has 6 heteroatoms. The van der Waals surface area contributed by atoms with Crippen LogP contribution in [0.3, 0.4) is 0 Å². The lowest BCUT2D eigenvalue weighted by molar-refractivity contribution is -0.137. The molecule has 0 aliphatic carbocycles. The fourth-order valence-corrected chi connectivity index (χ4v) is 3.54. The van der Waals surface area contributed by atoms with Crippen molar-refractivity contribution in [1.82, 2.24) is 0 Å². The van der Waals surface area contributed by atoms with Gasteiger partial charge in [-0.1, -0.05) is 103 Å². The van der Waals surface area contributed by atoms with Crippen LogP contribution < -0.4 is 0 Å². The minimum absolute atomic E-state index is 0.345. The van der Waals surface area contributed by atoms with Crippen LogP contribution in [0.25, 0.3) is 0 Å². The number of aliphatic imine (C=N–C) groups is 2. The Kier molecular flexibility index (Phi) is 20.9. The fourth-order valence-electron chi connectivity index (χ4n) is 3.54. The third-order valence-electron chi connectivity index (χ3n) is 5.53. The average Bonchev–Trinajstić information content (AvgIpc) is 2.79. The molecule has 0 atom stereocenters. The molecule has 0 fully saturated rings. The molecular formula is C27H42N2O4. The number of isocyanates is 2. The van der Waals surface area contributed by atoms with E-state index < -0.39 is 5.97 Å². The second-order valence-electron chi connectivity index (χ2n) is 8.47. The number of aliphatic carboxylic acids is 1. The lowest BCUT2D eigenvalue weighted by atomic mass is 10.0. The van der Waals surface area contributed by atoms with Crippen LogP contribution in [0.1, 0.15) is 115 Å². The molecule has 0 spiro atoms. The number of aryl methyl sites for hydroxylation is 1. The van der Waals surface area contributed by atoms with Crippen molar-refractivity contribution in [1.29, 1.82) is 0 Å². The number of carboxylic acids is 1. The smallest absolute Gasteiger partial charge is 0.303 e. The normalized spacial score (nSPS) is 9.88. The van der Waals surface area contributed by atoms with Gasteiger partial charge in [-0.05, 0) is 31.0 Å². The van der Waals surface area contributed by atoms with Crippen molar-refractivity contribution >= 4 is 29.5 Å². The fraction of sp³-hybridized carbons (Fsp3) is 0.667. The number of rotatable bonds is 18. The highest BCUT2D eigenvalue weighted by Gasteiger charge is 1.98. The van der Waals surface area contributed by atoms with Crippen molar-refractivity contribution in [2.24, 2.45) is 9.98 Å². The van der Waals surface area contributed by atoms with Crippen LogP contribution in [-0.2, 0) is 14.4 Å². The van der Waals surface area contributed by atoms with E-state index in [1.807, 2.05) is 0 Å².